The van der Waals surface area contributed by atoms with Gasteiger partial charge in [-0.25, -0.2) is 0 Å². The molecule has 2 atom stereocenters. The maximum absolute atomic E-state index is 5.96. The summed E-state index contributed by atoms with van der Waals surface area (Å²) in [6, 6.07) is 9.10. The number of hydrogen-bond donors (Lipinski definition) is 1. The van der Waals surface area contributed by atoms with E-state index >= 15 is 0 Å². The van der Waals surface area contributed by atoms with Gasteiger partial charge in [0.25, 0.3) is 0 Å². The maximum atomic E-state index is 5.96. The van der Waals surface area contributed by atoms with Crippen LogP contribution in [0, 0.1) is 5.92 Å². The van der Waals surface area contributed by atoms with Crippen molar-refractivity contribution in [2.45, 2.75) is 38.2 Å². The molecule has 18 heavy (non-hydrogen) atoms. The van der Waals surface area contributed by atoms with Crippen LogP contribution in [0.5, 0.6) is 0 Å². The van der Waals surface area contributed by atoms with Crippen molar-refractivity contribution < 1.29 is 4.74 Å². The van der Waals surface area contributed by atoms with Crippen molar-refractivity contribution in [3.05, 3.63) is 35.4 Å². The van der Waals surface area contributed by atoms with Crippen molar-refractivity contribution in [3.8, 4) is 0 Å². The van der Waals surface area contributed by atoms with Crippen molar-refractivity contribution >= 4 is 0 Å². The third-order valence-electron chi connectivity index (χ3n) is 4.16. The summed E-state index contributed by atoms with van der Waals surface area (Å²) in [5, 5.41) is 3.46. The van der Waals surface area contributed by atoms with E-state index in [1.165, 1.54) is 30.4 Å². The molecule has 2 aliphatic rings. The summed E-state index contributed by atoms with van der Waals surface area (Å²) in [6.45, 7) is 5.20. The Hall–Kier alpha value is -0.860. The minimum absolute atomic E-state index is 0.308. The van der Waals surface area contributed by atoms with Crippen LogP contribution in [0.2, 0.25) is 0 Å². The third kappa shape index (κ3) is 2.60. The quantitative estimate of drug-likeness (QED) is 0.859. The zero-order valence-electron chi connectivity index (χ0n) is 11.2. The van der Waals surface area contributed by atoms with Gasteiger partial charge < -0.3 is 10.1 Å². The summed E-state index contributed by atoms with van der Waals surface area (Å²) in [5.74, 6) is 1.47. The number of nitrogens with one attached hydrogen (secondary N) is 1. The predicted molar refractivity (Wildman–Crippen MR) is 73.8 cm³/mol. The van der Waals surface area contributed by atoms with Gasteiger partial charge in [0, 0.05) is 19.1 Å². The highest BCUT2D eigenvalue weighted by atomic mass is 16.5. The van der Waals surface area contributed by atoms with Gasteiger partial charge in [-0.3, -0.25) is 0 Å². The van der Waals surface area contributed by atoms with Gasteiger partial charge in [-0.2, -0.15) is 0 Å². The van der Waals surface area contributed by atoms with E-state index in [0.29, 0.717) is 12.0 Å². The largest absolute Gasteiger partial charge is 0.373 e. The van der Waals surface area contributed by atoms with E-state index in [0.717, 1.165) is 25.6 Å². The molecule has 1 aromatic carbocycles. The molecule has 3 rings (SSSR count). The molecule has 1 aliphatic carbocycles. The molecule has 0 radical (unpaired) electrons. The Morgan fingerprint density at radius 3 is 2.83 bits per heavy atom. The van der Waals surface area contributed by atoms with Crippen LogP contribution >= 0.6 is 0 Å². The Morgan fingerprint density at radius 1 is 1.22 bits per heavy atom. The van der Waals surface area contributed by atoms with Gasteiger partial charge in [-0.1, -0.05) is 31.2 Å². The fourth-order valence-corrected chi connectivity index (χ4v) is 2.95. The molecule has 0 spiro atoms. The molecular formula is C16H23NO. The van der Waals surface area contributed by atoms with Gasteiger partial charge in [-0.15, -0.1) is 0 Å². The van der Waals surface area contributed by atoms with Gasteiger partial charge in [0.15, 0.2) is 0 Å². The van der Waals surface area contributed by atoms with Gasteiger partial charge in [0.1, 0.15) is 0 Å². The van der Waals surface area contributed by atoms with E-state index in [-0.39, 0.29) is 0 Å². The first-order valence-corrected chi connectivity index (χ1v) is 7.30. The lowest BCUT2D eigenvalue weighted by atomic mass is 9.93. The van der Waals surface area contributed by atoms with Crippen LogP contribution in [-0.2, 0) is 4.74 Å². The van der Waals surface area contributed by atoms with Gasteiger partial charge in [0.2, 0.25) is 0 Å². The Labute approximate surface area is 110 Å². The highest BCUT2D eigenvalue weighted by Crippen LogP contribution is 2.42. The van der Waals surface area contributed by atoms with E-state index in [1.807, 2.05) is 0 Å². The Bertz CT molecular complexity index is 400. The highest BCUT2D eigenvalue weighted by molar-refractivity contribution is 5.31. The lowest BCUT2D eigenvalue weighted by Crippen LogP contribution is -2.24. The smallest absolute Gasteiger partial charge is 0.0866 e. The SMILES string of the molecule is CCNCC1CCOC1c1cccc(C2CC2)c1. The van der Waals surface area contributed by atoms with Crippen LogP contribution in [0.1, 0.15) is 49.3 Å². The minimum atomic E-state index is 0.308. The van der Waals surface area contributed by atoms with E-state index in [4.69, 9.17) is 4.74 Å². The first-order valence-electron chi connectivity index (χ1n) is 7.30. The van der Waals surface area contributed by atoms with Crippen molar-refractivity contribution in [1.29, 1.82) is 0 Å². The second kappa shape index (κ2) is 5.41. The number of rotatable bonds is 5. The van der Waals surface area contributed by atoms with E-state index in [9.17, 15) is 0 Å². The molecule has 0 bridgehead atoms. The summed E-state index contributed by atoms with van der Waals surface area (Å²) < 4.78 is 5.96. The molecule has 2 fully saturated rings. The van der Waals surface area contributed by atoms with E-state index in [1.54, 1.807) is 0 Å². The Morgan fingerprint density at radius 2 is 2.06 bits per heavy atom. The molecule has 1 heterocycles. The molecular weight excluding hydrogens is 222 g/mol. The molecule has 1 N–H and O–H groups in total. The van der Waals surface area contributed by atoms with Crippen LogP contribution in [0.15, 0.2) is 24.3 Å². The zero-order valence-corrected chi connectivity index (χ0v) is 11.2. The molecule has 2 unspecified atom stereocenters. The van der Waals surface area contributed by atoms with Gasteiger partial charge >= 0.3 is 0 Å². The fourth-order valence-electron chi connectivity index (χ4n) is 2.95. The van der Waals surface area contributed by atoms with Crippen LogP contribution in [0.25, 0.3) is 0 Å². The Kier molecular flexibility index (Phi) is 3.67. The van der Waals surface area contributed by atoms with Crippen LogP contribution < -0.4 is 5.32 Å². The summed E-state index contributed by atoms with van der Waals surface area (Å²) in [6.07, 6.45) is 4.24. The topological polar surface area (TPSA) is 21.3 Å². The minimum Gasteiger partial charge on any atom is -0.373 e. The highest BCUT2D eigenvalue weighted by Gasteiger charge is 2.30. The Balaban J connectivity index is 1.73. The normalized spacial score (nSPS) is 27.6. The van der Waals surface area contributed by atoms with Crippen molar-refractivity contribution in [2.75, 3.05) is 19.7 Å². The van der Waals surface area contributed by atoms with Crippen molar-refractivity contribution in [1.82, 2.24) is 5.32 Å². The summed E-state index contributed by atoms with van der Waals surface area (Å²) in [5.41, 5.74) is 2.91. The fraction of sp³-hybridized carbons (Fsp3) is 0.625. The first-order chi connectivity index (χ1) is 8.88. The molecule has 0 amide bonds. The van der Waals surface area contributed by atoms with Crippen molar-refractivity contribution in [2.24, 2.45) is 5.92 Å². The van der Waals surface area contributed by atoms with Crippen molar-refractivity contribution in [3.63, 3.8) is 0 Å². The molecule has 0 aromatic heterocycles. The predicted octanol–water partition coefficient (Wildman–Crippen LogP) is 3.25. The molecule has 98 valence electrons. The average molecular weight is 245 g/mol. The van der Waals surface area contributed by atoms with Gasteiger partial charge in [0.05, 0.1) is 6.10 Å². The van der Waals surface area contributed by atoms with E-state index < -0.39 is 0 Å². The standard InChI is InChI=1S/C16H23NO/c1-2-17-11-15-8-9-18-16(15)14-5-3-4-13(10-14)12-6-7-12/h3-5,10,12,15-17H,2,6-9,11H2,1H3. The number of hydrogen-bond acceptors (Lipinski definition) is 2. The average Bonchev–Trinajstić information content (AvgIpc) is 3.16. The summed E-state index contributed by atoms with van der Waals surface area (Å²) in [4.78, 5) is 0. The summed E-state index contributed by atoms with van der Waals surface area (Å²) >= 11 is 0. The molecule has 1 saturated carbocycles. The lowest BCUT2D eigenvalue weighted by molar-refractivity contribution is 0.0906. The lowest BCUT2D eigenvalue weighted by Gasteiger charge is -2.19. The van der Waals surface area contributed by atoms with E-state index in [2.05, 4.69) is 36.5 Å². The zero-order chi connectivity index (χ0) is 12.4. The van der Waals surface area contributed by atoms with Crippen LogP contribution in [0.4, 0.5) is 0 Å². The van der Waals surface area contributed by atoms with Crippen LogP contribution in [-0.4, -0.2) is 19.7 Å². The molecule has 2 nitrogen and oxygen atoms in total. The third-order valence-corrected chi connectivity index (χ3v) is 4.16. The van der Waals surface area contributed by atoms with Gasteiger partial charge in [-0.05, 0) is 42.9 Å². The molecule has 1 aromatic rings. The second-order valence-electron chi connectivity index (χ2n) is 5.59. The first kappa shape index (κ1) is 12.2. The maximum Gasteiger partial charge on any atom is 0.0866 e. The van der Waals surface area contributed by atoms with Crippen LogP contribution in [0.3, 0.4) is 0 Å². The number of ether oxygens (including phenoxy) is 1. The second-order valence-corrected chi connectivity index (χ2v) is 5.59. The monoisotopic (exact) mass is 245 g/mol. The molecule has 1 saturated heterocycles. The molecule has 2 heteroatoms. The molecule has 1 aliphatic heterocycles. The summed E-state index contributed by atoms with van der Waals surface area (Å²) in [7, 11) is 0. The number of benzene rings is 1.